The highest BCUT2D eigenvalue weighted by Gasteiger charge is 2.12. The van der Waals surface area contributed by atoms with Gasteiger partial charge in [0.1, 0.15) is 6.04 Å². The van der Waals surface area contributed by atoms with Crippen LogP contribution in [0, 0.1) is 5.92 Å². The van der Waals surface area contributed by atoms with Gasteiger partial charge in [-0.05, 0) is 36.3 Å². The number of hydrogen-bond donors (Lipinski definition) is 4. The Labute approximate surface area is 172 Å². The molecule has 0 aliphatic rings. The van der Waals surface area contributed by atoms with E-state index in [2.05, 4.69) is 19.1 Å². The van der Waals surface area contributed by atoms with Gasteiger partial charge < -0.3 is 21.1 Å². The van der Waals surface area contributed by atoms with Gasteiger partial charge in [0.15, 0.2) is 0 Å². The quantitative estimate of drug-likeness (QED) is 0.410. The van der Waals surface area contributed by atoms with E-state index in [4.69, 9.17) is 21.1 Å². The van der Waals surface area contributed by atoms with Crippen molar-refractivity contribution in [3.63, 3.8) is 0 Å². The van der Waals surface area contributed by atoms with Crippen molar-refractivity contribution >= 4 is 17.9 Å². The molecule has 1 atom stereocenters. The van der Waals surface area contributed by atoms with E-state index < -0.39 is 23.9 Å². The minimum Gasteiger partial charge on any atom is -0.481 e. The number of carboxylic acids is 3. The van der Waals surface area contributed by atoms with E-state index >= 15 is 0 Å². The van der Waals surface area contributed by atoms with Crippen LogP contribution in [-0.4, -0.2) is 63.8 Å². The van der Waals surface area contributed by atoms with E-state index in [1.807, 2.05) is 26.0 Å². The standard InChI is InChI=1S/C15H21NO4.C6H13NO2/c1-2-12-3-5-13(6-4-12)7-9-16(11-15(19)20)10-8-14(17)18;1-4(2)3-5(7)6(8)9/h3-6H,2,7-11H2,1H3,(H,17,18)(H,19,20);4-5H,3,7H2,1-2H3,(H,8,9)/t;5-/m.1/s1. The molecule has 164 valence electrons. The lowest BCUT2D eigenvalue weighted by Crippen LogP contribution is -2.33. The average molecular weight is 411 g/mol. The predicted molar refractivity (Wildman–Crippen MR) is 111 cm³/mol. The summed E-state index contributed by atoms with van der Waals surface area (Å²) in [6, 6.07) is 7.51. The third kappa shape index (κ3) is 14.2. The van der Waals surface area contributed by atoms with Crippen molar-refractivity contribution in [1.29, 1.82) is 0 Å². The molecule has 0 spiro atoms. The van der Waals surface area contributed by atoms with Crippen LogP contribution in [-0.2, 0) is 27.2 Å². The fourth-order valence-corrected chi connectivity index (χ4v) is 2.55. The molecule has 0 aliphatic heterocycles. The van der Waals surface area contributed by atoms with Crippen molar-refractivity contribution in [2.45, 2.75) is 52.5 Å². The maximum Gasteiger partial charge on any atom is 0.320 e. The summed E-state index contributed by atoms with van der Waals surface area (Å²) in [7, 11) is 0. The van der Waals surface area contributed by atoms with Crippen LogP contribution in [0.5, 0.6) is 0 Å². The normalized spacial score (nSPS) is 11.7. The first kappa shape index (κ1) is 26.6. The van der Waals surface area contributed by atoms with Gasteiger partial charge in [-0.15, -0.1) is 0 Å². The molecule has 0 bridgehead atoms. The fraction of sp³-hybridized carbons (Fsp3) is 0.571. The Morgan fingerprint density at radius 2 is 1.52 bits per heavy atom. The number of aliphatic carboxylic acids is 3. The van der Waals surface area contributed by atoms with Gasteiger partial charge in [0.25, 0.3) is 0 Å². The second kappa shape index (κ2) is 14.5. The average Bonchev–Trinajstić information content (AvgIpc) is 2.63. The molecule has 0 radical (unpaired) electrons. The highest BCUT2D eigenvalue weighted by Crippen LogP contribution is 2.07. The molecule has 1 rings (SSSR count). The van der Waals surface area contributed by atoms with Crippen molar-refractivity contribution in [3.8, 4) is 0 Å². The van der Waals surface area contributed by atoms with Crippen LogP contribution in [0.4, 0.5) is 0 Å². The maximum absolute atomic E-state index is 10.8. The Morgan fingerprint density at radius 3 is 1.90 bits per heavy atom. The van der Waals surface area contributed by atoms with Gasteiger partial charge in [0.2, 0.25) is 0 Å². The third-order valence-corrected chi connectivity index (χ3v) is 4.19. The van der Waals surface area contributed by atoms with Gasteiger partial charge in [0, 0.05) is 13.1 Å². The van der Waals surface area contributed by atoms with Gasteiger partial charge >= 0.3 is 17.9 Å². The van der Waals surface area contributed by atoms with Gasteiger partial charge in [-0.3, -0.25) is 19.3 Å². The summed E-state index contributed by atoms with van der Waals surface area (Å²) in [6.45, 7) is 6.67. The second-order valence-electron chi connectivity index (χ2n) is 7.31. The molecular weight excluding hydrogens is 376 g/mol. The molecule has 0 fully saturated rings. The number of carbonyl (C=O) groups is 3. The summed E-state index contributed by atoms with van der Waals surface area (Å²) in [5.41, 5.74) is 7.62. The Morgan fingerprint density at radius 1 is 0.966 bits per heavy atom. The van der Waals surface area contributed by atoms with E-state index in [-0.39, 0.29) is 19.5 Å². The molecule has 29 heavy (non-hydrogen) atoms. The number of carboxylic acid groups (broad SMARTS) is 3. The molecule has 5 N–H and O–H groups in total. The SMILES string of the molecule is CC(C)C[C@@H](N)C(=O)O.CCc1ccc(CCN(CCC(=O)O)CC(=O)O)cc1. The van der Waals surface area contributed by atoms with Crippen molar-refractivity contribution < 1.29 is 29.7 Å². The van der Waals surface area contributed by atoms with Crippen LogP contribution in [0.1, 0.15) is 44.7 Å². The Bertz CT molecular complexity index is 631. The summed E-state index contributed by atoms with van der Waals surface area (Å²) in [6.07, 6.45) is 2.22. The Kier molecular flexibility index (Phi) is 13.3. The molecule has 0 aromatic heterocycles. The highest BCUT2D eigenvalue weighted by molar-refractivity contribution is 5.73. The molecule has 1 aromatic carbocycles. The molecule has 8 nitrogen and oxygen atoms in total. The van der Waals surface area contributed by atoms with Crippen LogP contribution < -0.4 is 5.73 Å². The molecule has 8 heteroatoms. The largest absolute Gasteiger partial charge is 0.481 e. The van der Waals surface area contributed by atoms with Gasteiger partial charge in [-0.2, -0.15) is 0 Å². The number of aryl methyl sites for hydroxylation is 1. The lowest BCUT2D eigenvalue weighted by atomic mass is 10.1. The first-order valence-electron chi connectivity index (χ1n) is 9.77. The van der Waals surface area contributed by atoms with E-state index in [1.165, 1.54) is 5.56 Å². The lowest BCUT2D eigenvalue weighted by molar-refractivity contribution is -0.141. The van der Waals surface area contributed by atoms with E-state index in [1.54, 1.807) is 4.90 Å². The number of benzene rings is 1. The number of hydrogen-bond acceptors (Lipinski definition) is 5. The van der Waals surface area contributed by atoms with Crippen LogP contribution in [0.15, 0.2) is 24.3 Å². The summed E-state index contributed by atoms with van der Waals surface area (Å²) < 4.78 is 0. The summed E-state index contributed by atoms with van der Waals surface area (Å²) in [5.74, 6) is -2.40. The zero-order valence-electron chi connectivity index (χ0n) is 17.5. The van der Waals surface area contributed by atoms with E-state index in [9.17, 15) is 14.4 Å². The smallest absolute Gasteiger partial charge is 0.320 e. The second-order valence-corrected chi connectivity index (χ2v) is 7.31. The van der Waals surface area contributed by atoms with Crippen LogP contribution in [0.2, 0.25) is 0 Å². The topological polar surface area (TPSA) is 141 Å². The van der Waals surface area contributed by atoms with Crippen LogP contribution >= 0.6 is 0 Å². The van der Waals surface area contributed by atoms with E-state index in [0.717, 1.165) is 18.4 Å². The Hall–Kier alpha value is -2.45. The minimum atomic E-state index is -0.934. The van der Waals surface area contributed by atoms with Crippen LogP contribution in [0.3, 0.4) is 0 Å². The van der Waals surface area contributed by atoms with Gasteiger partial charge in [0.05, 0.1) is 13.0 Å². The summed E-state index contributed by atoms with van der Waals surface area (Å²) >= 11 is 0. The molecule has 0 saturated heterocycles. The zero-order chi connectivity index (χ0) is 22.4. The molecule has 0 unspecified atom stereocenters. The molecule has 1 aromatic rings. The van der Waals surface area contributed by atoms with Crippen LogP contribution in [0.25, 0.3) is 0 Å². The Balaban J connectivity index is 0.000000734. The van der Waals surface area contributed by atoms with Crippen molar-refractivity contribution in [2.75, 3.05) is 19.6 Å². The molecule has 0 heterocycles. The molecular formula is C21H34N2O6. The highest BCUT2D eigenvalue weighted by atomic mass is 16.4. The van der Waals surface area contributed by atoms with Crippen molar-refractivity contribution in [3.05, 3.63) is 35.4 Å². The maximum atomic E-state index is 10.8. The van der Waals surface area contributed by atoms with Crippen molar-refractivity contribution in [2.24, 2.45) is 11.7 Å². The van der Waals surface area contributed by atoms with Gasteiger partial charge in [-0.25, -0.2) is 0 Å². The summed E-state index contributed by atoms with van der Waals surface area (Å²) in [5, 5.41) is 25.8. The predicted octanol–water partition coefficient (Wildman–Crippen LogP) is 2.10. The fourth-order valence-electron chi connectivity index (χ4n) is 2.55. The molecule has 0 aliphatic carbocycles. The molecule has 0 amide bonds. The van der Waals surface area contributed by atoms with Gasteiger partial charge in [-0.1, -0.05) is 45.0 Å². The number of nitrogens with zero attached hydrogens (tertiary/aromatic N) is 1. The monoisotopic (exact) mass is 410 g/mol. The lowest BCUT2D eigenvalue weighted by Gasteiger charge is -2.19. The first-order chi connectivity index (χ1) is 13.5. The molecule has 0 saturated carbocycles. The zero-order valence-corrected chi connectivity index (χ0v) is 17.5. The number of nitrogens with two attached hydrogens (primary N) is 1. The van der Waals surface area contributed by atoms with E-state index in [0.29, 0.717) is 18.9 Å². The number of rotatable bonds is 12. The minimum absolute atomic E-state index is 0.0396. The summed E-state index contributed by atoms with van der Waals surface area (Å²) in [4.78, 5) is 33.1. The third-order valence-electron chi connectivity index (χ3n) is 4.19. The first-order valence-corrected chi connectivity index (χ1v) is 9.77. The van der Waals surface area contributed by atoms with Crippen molar-refractivity contribution in [1.82, 2.24) is 4.90 Å².